The molecule has 0 bridgehead atoms. The molecule has 3 nitrogen and oxygen atoms in total. The molecule has 0 radical (unpaired) electrons. The molecule has 5 rings (SSSR count). The van der Waals surface area contributed by atoms with Crippen LogP contribution in [0.3, 0.4) is 0 Å². The van der Waals surface area contributed by atoms with Crippen LogP contribution in [0.4, 0.5) is 0 Å². The molecule has 0 aliphatic carbocycles. The van der Waals surface area contributed by atoms with E-state index in [0.717, 1.165) is 16.8 Å². The lowest BCUT2D eigenvalue weighted by Gasteiger charge is -2.10. The van der Waals surface area contributed by atoms with Crippen molar-refractivity contribution in [2.45, 2.75) is 6.92 Å². The minimum absolute atomic E-state index is 0.961. The summed E-state index contributed by atoms with van der Waals surface area (Å²) in [6, 6.07) is 23.2. The molecule has 0 aliphatic rings. The first-order chi connectivity index (χ1) is 11.8. The number of imidazole rings is 2. The summed E-state index contributed by atoms with van der Waals surface area (Å²) in [4.78, 5) is 4.92. The van der Waals surface area contributed by atoms with Gasteiger partial charge in [-0.3, -0.25) is 8.97 Å². The van der Waals surface area contributed by atoms with Crippen molar-refractivity contribution in [1.82, 2.24) is 14.0 Å². The quantitative estimate of drug-likeness (QED) is 0.334. The van der Waals surface area contributed by atoms with Crippen molar-refractivity contribution in [3.63, 3.8) is 0 Å². The van der Waals surface area contributed by atoms with Crippen molar-refractivity contribution >= 4 is 50.4 Å². The van der Waals surface area contributed by atoms with Gasteiger partial charge in [-0.05, 0) is 71.5 Å². The molecular weight excluding hydrogens is 409 g/mol. The average molecular weight is 423 g/mol. The first-order valence-corrected chi connectivity index (χ1v) is 8.96. The Labute approximate surface area is 152 Å². The van der Waals surface area contributed by atoms with Crippen molar-refractivity contribution < 1.29 is 0 Å². The number of para-hydroxylation sites is 4. The van der Waals surface area contributed by atoms with E-state index in [-0.39, 0.29) is 0 Å². The number of halogens is 1. The van der Waals surface area contributed by atoms with Crippen LogP contribution in [0.2, 0.25) is 0 Å². The SMILES string of the molecule is Cc1c(I)cccc1-n1c2ccccc2n2c3ccccc3nc12. The van der Waals surface area contributed by atoms with Crippen molar-refractivity contribution in [3.8, 4) is 5.69 Å². The van der Waals surface area contributed by atoms with Gasteiger partial charge < -0.3 is 0 Å². The first kappa shape index (κ1) is 14.0. The van der Waals surface area contributed by atoms with Crippen molar-refractivity contribution in [2.24, 2.45) is 0 Å². The van der Waals surface area contributed by atoms with Gasteiger partial charge in [0.25, 0.3) is 0 Å². The average Bonchev–Trinajstić information content (AvgIpc) is 3.12. The molecule has 2 aromatic heterocycles. The molecule has 0 aliphatic heterocycles. The number of rotatable bonds is 1. The molecule has 2 heterocycles. The van der Waals surface area contributed by atoms with Gasteiger partial charge in [-0.15, -0.1) is 0 Å². The number of aromatic nitrogens is 3. The Bertz CT molecular complexity index is 1230. The van der Waals surface area contributed by atoms with E-state index in [9.17, 15) is 0 Å². The topological polar surface area (TPSA) is 22.2 Å². The van der Waals surface area contributed by atoms with Gasteiger partial charge in [-0.25, -0.2) is 4.98 Å². The third kappa shape index (κ3) is 1.80. The summed E-state index contributed by atoms with van der Waals surface area (Å²) in [7, 11) is 0. The lowest BCUT2D eigenvalue weighted by molar-refractivity contribution is 1.09. The fraction of sp³-hybridized carbons (Fsp3) is 0.0500. The largest absolute Gasteiger partial charge is 0.278 e. The maximum absolute atomic E-state index is 4.92. The maximum atomic E-state index is 4.92. The van der Waals surface area contributed by atoms with E-state index in [4.69, 9.17) is 4.98 Å². The van der Waals surface area contributed by atoms with E-state index < -0.39 is 0 Å². The Morgan fingerprint density at radius 2 is 1.50 bits per heavy atom. The highest BCUT2D eigenvalue weighted by molar-refractivity contribution is 14.1. The minimum atomic E-state index is 0.961. The van der Waals surface area contributed by atoms with E-state index in [1.54, 1.807) is 0 Å². The number of nitrogens with zero attached hydrogens (tertiary/aromatic N) is 3. The number of fused-ring (bicyclic) bond motifs is 5. The second-order valence-electron chi connectivity index (χ2n) is 5.94. The molecule has 24 heavy (non-hydrogen) atoms. The van der Waals surface area contributed by atoms with Crippen LogP contribution in [0, 0.1) is 10.5 Å². The molecular formula is C20H14IN3. The van der Waals surface area contributed by atoms with Crippen molar-refractivity contribution in [2.75, 3.05) is 0 Å². The Balaban J connectivity index is 2.05. The molecule has 0 saturated heterocycles. The second kappa shape index (κ2) is 5.08. The fourth-order valence-corrected chi connectivity index (χ4v) is 3.91. The smallest absolute Gasteiger partial charge is 0.220 e. The highest BCUT2D eigenvalue weighted by atomic mass is 127. The van der Waals surface area contributed by atoms with Gasteiger partial charge in [0.2, 0.25) is 5.78 Å². The molecule has 4 heteroatoms. The standard InChI is InChI=1S/C20H14IN3/c1-13-14(21)7-6-12-16(13)23-18-10-4-5-11-19(18)24-17-9-3-2-8-15(17)22-20(23)24/h2-12H,1H3. The van der Waals surface area contributed by atoms with E-state index in [1.165, 1.54) is 25.9 Å². The van der Waals surface area contributed by atoms with Gasteiger partial charge in [0.1, 0.15) is 0 Å². The Morgan fingerprint density at radius 1 is 0.792 bits per heavy atom. The molecule has 0 saturated carbocycles. The fourth-order valence-electron chi connectivity index (χ4n) is 3.43. The minimum Gasteiger partial charge on any atom is -0.278 e. The van der Waals surface area contributed by atoms with Crippen LogP contribution in [0.25, 0.3) is 33.5 Å². The van der Waals surface area contributed by atoms with Crippen LogP contribution < -0.4 is 0 Å². The first-order valence-electron chi connectivity index (χ1n) is 7.88. The zero-order chi connectivity index (χ0) is 16.3. The van der Waals surface area contributed by atoms with Gasteiger partial charge in [0.05, 0.1) is 27.8 Å². The maximum Gasteiger partial charge on any atom is 0.220 e. The Morgan fingerprint density at radius 3 is 2.33 bits per heavy atom. The summed E-state index contributed by atoms with van der Waals surface area (Å²) in [5.74, 6) is 0.961. The summed E-state index contributed by atoms with van der Waals surface area (Å²) < 4.78 is 5.79. The molecule has 0 atom stereocenters. The predicted molar refractivity (Wildman–Crippen MR) is 107 cm³/mol. The van der Waals surface area contributed by atoms with Crippen LogP contribution >= 0.6 is 22.6 Å². The molecule has 116 valence electrons. The zero-order valence-electron chi connectivity index (χ0n) is 13.1. The Hall–Kier alpha value is -2.34. The molecule has 0 unspecified atom stereocenters. The van der Waals surface area contributed by atoms with Gasteiger partial charge in [-0.1, -0.05) is 30.3 Å². The lowest BCUT2D eigenvalue weighted by Crippen LogP contribution is -1.99. The van der Waals surface area contributed by atoms with E-state index in [2.05, 4.69) is 99.1 Å². The van der Waals surface area contributed by atoms with Crippen LogP contribution in [0.15, 0.2) is 66.7 Å². The highest BCUT2D eigenvalue weighted by Gasteiger charge is 2.17. The summed E-state index contributed by atoms with van der Waals surface area (Å²) in [5.41, 5.74) is 6.98. The number of benzene rings is 3. The van der Waals surface area contributed by atoms with E-state index in [1.807, 2.05) is 6.07 Å². The van der Waals surface area contributed by atoms with Crippen LogP contribution in [-0.2, 0) is 0 Å². The van der Waals surface area contributed by atoms with Gasteiger partial charge in [0.15, 0.2) is 0 Å². The van der Waals surface area contributed by atoms with Crippen molar-refractivity contribution in [3.05, 3.63) is 75.9 Å². The van der Waals surface area contributed by atoms with Crippen LogP contribution in [-0.4, -0.2) is 14.0 Å². The molecule has 3 aromatic carbocycles. The van der Waals surface area contributed by atoms with Crippen molar-refractivity contribution in [1.29, 1.82) is 0 Å². The summed E-state index contributed by atoms with van der Waals surface area (Å²) in [6.45, 7) is 2.17. The van der Waals surface area contributed by atoms with Gasteiger partial charge in [0, 0.05) is 3.57 Å². The number of hydrogen-bond donors (Lipinski definition) is 0. The third-order valence-corrected chi connectivity index (χ3v) is 5.76. The monoisotopic (exact) mass is 423 g/mol. The molecule has 0 spiro atoms. The zero-order valence-corrected chi connectivity index (χ0v) is 15.2. The molecule has 0 fully saturated rings. The third-order valence-electron chi connectivity index (χ3n) is 4.59. The van der Waals surface area contributed by atoms with Gasteiger partial charge in [-0.2, -0.15) is 0 Å². The number of hydrogen-bond acceptors (Lipinski definition) is 1. The molecule has 0 N–H and O–H groups in total. The summed E-state index contributed by atoms with van der Waals surface area (Å²) >= 11 is 2.40. The predicted octanol–water partition coefficient (Wildman–Crippen LogP) is 5.34. The summed E-state index contributed by atoms with van der Waals surface area (Å²) in [5, 5.41) is 0. The van der Waals surface area contributed by atoms with E-state index in [0.29, 0.717) is 0 Å². The summed E-state index contributed by atoms with van der Waals surface area (Å²) in [6.07, 6.45) is 0. The normalized spacial score (nSPS) is 11.8. The Kier molecular flexibility index (Phi) is 2.97. The molecule has 0 amide bonds. The highest BCUT2D eigenvalue weighted by Crippen LogP contribution is 2.31. The van der Waals surface area contributed by atoms with Crippen LogP contribution in [0.1, 0.15) is 5.56 Å². The van der Waals surface area contributed by atoms with Crippen LogP contribution in [0.5, 0.6) is 0 Å². The van der Waals surface area contributed by atoms with Gasteiger partial charge >= 0.3 is 0 Å². The second-order valence-corrected chi connectivity index (χ2v) is 7.11. The lowest BCUT2D eigenvalue weighted by atomic mass is 10.2. The van der Waals surface area contributed by atoms with E-state index >= 15 is 0 Å². The molecule has 5 aromatic rings.